The summed E-state index contributed by atoms with van der Waals surface area (Å²) in [7, 11) is 0. The van der Waals surface area contributed by atoms with E-state index >= 15 is 0 Å². The van der Waals surface area contributed by atoms with Gasteiger partial charge >= 0.3 is 6.09 Å². The minimum atomic E-state index is -0.572. The molecule has 7 nitrogen and oxygen atoms in total. The predicted molar refractivity (Wildman–Crippen MR) is 66.8 cm³/mol. The van der Waals surface area contributed by atoms with Crippen molar-refractivity contribution < 1.29 is 14.3 Å². The maximum absolute atomic E-state index is 11.8. The van der Waals surface area contributed by atoms with Gasteiger partial charge in [-0.05, 0) is 12.1 Å². The Morgan fingerprint density at radius 2 is 2.32 bits per heavy atom. The van der Waals surface area contributed by atoms with Crippen LogP contribution in [-0.4, -0.2) is 50.4 Å². The molecule has 0 N–H and O–H groups in total. The van der Waals surface area contributed by atoms with E-state index in [1.165, 1.54) is 11.8 Å². The van der Waals surface area contributed by atoms with Crippen LogP contribution < -0.4 is 0 Å². The molecule has 0 bridgehead atoms. The fourth-order valence-electron chi connectivity index (χ4n) is 1.74. The lowest BCUT2D eigenvalue weighted by molar-refractivity contribution is -0.125. The van der Waals surface area contributed by atoms with Gasteiger partial charge in [-0.15, -0.1) is 10.2 Å². The molecular weight excluding hydrogens is 268 g/mol. The van der Waals surface area contributed by atoms with Gasteiger partial charge in [-0.3, -0.25) is 9.20 Å². The highest BCUT2D eigenvalue weighted by Crippen LogP contribution is 2.18. The van der Waals surface area contributed by atoms with Crippen molar-refractivity contribution in [3.63, 3.8) is 0 Å². The van der Waals surface area contributed by atoms with Crippen molar-refractivity contribution in [2.75, 3.05) is 18.9 Å². The molecule has 0 aromatic carbocycles. The molecule has 98 valence electrons. The quantitative estimate of drug-likeness (QED) is 0.773. The fraction of sp³-hybridized carbons (Fsp3) is 0.273. The lowest BCUT2D eigenvalue weighted by Crippen LogP contribution is -2.33. The van der Waals surface area contributed by atoms with E-state index in [4.69, 9.17) is 4.74 Å². The Morgan fingerprint density at radius 1 is 1.42 bits per heavy atom. The maximum atomic E-state index is 11.8. The van der Waals surface area contributed by atoms with Gasteiger partial charge in [0.1, 0.15) is 6.61 Å². The molecule has 2 amide bonds. The molecule has 2 aromatic heterocycles. The number of cyclic esters (lactones) is 1. The number of pyridine rings is 1. The average molecular weight is 278 g/mol. The molecule has 3 heterocycles. The highest BCUT2D eigenvalue weighted by atomic mass is 32.2. The summed E-state index contributed by atoms with van der Waals surface area (Å²) in [5.74, 6) is -0.148. The number of nitrogens with zero attached hydrogens (tertiary/aromatic N) is 4. The summed E-state index contributed by atoms with van der Waals surface area (Å²) in [6.07, 6.45) is 1.25. The van der Waals surface area contributed by atoms with E-state index in [0.717, 1.165) is 10.5 Å². The highest BCUT2D eigenvalue weighted by molar-refractivity contribution is 7.99. The van der Waals surface area contributed by atoms with Gasteiger partial charge in [-0.1, -0.05) is 17.8 Å². The number of carbonyl (C=O) groups excluding carboxylic acids is 2. The van der Waals surface area contributed by atoms with Crippen molar-refractivity contribution in [2.24, 2.45) is 0 Å². The third kappa shape index (κ3) is 2.26. The van der Waals surface area contributed by atoms with Crippen LogP contribution in [0, 0.1) is 0 Å². The molecule has 0 aliphatic carbocycles. The molecule has 0 radical (unpaired) electrons. The summed E-state index contributed by atoms with van der Waals surface area (Å²) < 4.78 is 6.51. The zero-order chi connectivity index (χ0) is 13.2. The van der Waals surface area contributed by atoms with Gasteiger partial charge in [0.25, 0.3) is 0 Å². The Bertz CT molecular complexity index is 642. The SMILES string of the molecule is O=C(CSc1nnc2ccccn12)N1CCOC1=O. The number of thioether (sulfide) groups is 1. The Morgan fingerprint density at radius 3 is 3.11 bits per heavy atom. The lowest BCUT2D eigenvalue weighted by Gasteiger charge is -2.09. The second-order valence-corrected chi connectivity index (χ2v) is 4.80. The number of carbonyl (C=O) groups is 2. The van der Waals surface area contributed by atoms with Crippen LogP contribution in [0.4, 0.5) is 4.79 Å². The van der Waals surface area contributed by atoms with E-state index < -0.39 is 6.09 Å². The fourth-order valence-corrected chi connectivity index (χ4v) is 2.54. The minimum absolute atomic E-state index is 0.130. The Kier molecular flexibility index (Phi) is 3.08. The van der Waals surface area contributed by atoms with Crippen LogP contribution in [0.3, 0.4) is 0 Å². The van der Waals surface area contributed by atoms with Gasteiger partial charge in [0.05, 0.1) is 12.3 Å². The number of aromatic nitrogens is 3. The number of hydrogen-bond donors (Lipinski definition) is 0. The summed E-state index contributed by atoms with van der Waals surface area (Å²) in [6.45, 7) is 0.585. The Balaban J connectivity index is 1.69. The van der Waals surface area contributed by atoms with Gasteiger partial charge in [0.2, 0.25) is 5.91 Å². The minimum Gasteiger partial charge on any atom is -0.447 e. The van der Waals surface area contributed by atoms with Crippen LogP contribution >= 0.6 is 11.8 Å². The van der Waals surface area contributed by atoms with E-state index in [0.29, 0.717) is 11.7 Å². The summed E-state index contributed by atoms with van der Waals surface area (Å²) in [5, 5.41) is 8.61. The predicted octanol–water partition coefficient (Wildman–Crippen LogP) is 0.800. The third-order valence-electron chi connectivity index (χ3n) is 2.67. The first-order valence-electron chi connectivity index (χ1n) is 5.65. The highest BCUT2D eigenvalue weighted by Gasteiger charge is 2.28. The summed E-state index contributed by atoms with van der Waals surface area (Å²) >= 11 is 1.24. The first-order chi connectivity index (χ1) is 9.25. The standard InChI is InChI=1S/C11H10N4O3S/c16-9(15-5-6-18-11(15)17)7-19-10-13-12-8-3-1-2-4-14(8)10/h1-4H,5-7H2. The molecule has 2 aromatic rings. The van der Waals surface area contributed by atoms with Gasteiger partial charge in [0, 0.05) is 6.20 Å². The second-order valence-electron chi connectivity index (χ2n) is 3.86. The van der Waals surface area contributed by atoms with Crippen LogP contribution in [-0.2, 0) is 9.53 Å². The van der Waals surface area contributed by atoms with Crippen LogP contribution in [0.5, 0.6) is 0 Å². The number of amides is 2. The molecule has 1 fully saturated rings. The Labute approximate surface area is 112 Å². The van der Waals surface area contributed by atoms with Crippen molar-refractivity contribution in [3.8, 4) is 0 Å². The van der Waals surface area contributed by atoms with Crippen molar-refractivity contribution in [1.29, 1.82) is 0 Å². The molecule has 1 saturated heterocycles. The molecule has 0 atom stereocenters. The van der Waals surface area contributed by atoms with Crippen LogP contribution in [0.2, 0.25) is 0 Å². The molecule has 0 spiro atoms. The molecule has 8 heteroatoms. The number of imide groups is 1. The van der Waals surface area contributed by atoms with Gasteiger partial charge in [0.15, 0.2) is 10.8 Å². The molecule has 0 unspecified atom stereocenters. The lowest BCUT2D eigenvalue weighted by atomic mass is 10.5. The largest absolute Gasteiger partial charge is 0.447 e. The zero-order valence-electron chi connectivity index (χ0n) is 9.85. The van der Waals surface area contributed by atoms with E-state index in [2.05, 4.69) is 10.2 Å². The molecule has 3 rings (SSSR count). The molecule has 1 aliphatic rings. The number of fused-ring (bicyclic) bond motifs is 1. The van der Waals surface area contributed by atoms with Crippen molar-refractivity contribution in [2.45, 2.75) is 5.16 Å². The van der Waals surface area contributed by atoms with Crippen LogP contribution in [0.15, 0.2) is 29.6 Å². The smallest absolute Gasteiger partial charge is 0.416 e. The molecular formula is C11H10N4O3S. The summed E-state index contributed by atoms with van der Waals surface area (Å²) in [6, 6.07) is 5.56. The number of rotatable bonds is 3. The van der Waals surface area contributed by atoms with Crippen molar-refractivity contribution >= 4 is 29.4 Å². The maximum Gasteiger partial charge on any atom is 0.416 e. The second kappa shape index (κ2) is 4.88. The molecule has 19 heavy (non-hydrogen) atoms. The third-order valence-corrected chi connectivity index (χ3v) is 3.60. The number of ether oxygens (including phenoxy) is 1. The van der Waals surface area contributed by atoms with Crippen molar-refractivity contribution in [3.05, 3.63) is 24.4 Å². The molecule has 0 saturated carbocycles. The van der Waals surface area contributed by atoms with Crippen LogP contribution in [0.1, 0.15) is 0 Å². The topological polar surface area (TPSA) is 76.8 Å². The number of hydrogen-bond acceptors (Lipinski definition) is 6. The van der Waals surface area contributed by atoms with Crippen LogP contribution in [0.25, 0.3) is 5.65 Å². The summed E-state index contributed by atoms with van der Waals surface area (Å²) in [4.78, 5) is 24.2. The Hall–Kier alpha value is -2.09. The zero-order valence-corrected chi connectivity index (χ0v) is 10.7. The van der Waals surface area contributed by atoms with Gasteiger partial charge in [-0.2, -0.15) is 0 Å². The van der Waals surface area contributed by atoms with Crippen molar-refractivity contribution in [1.82, 2.24) is 19.5 Å². The monoisotopic (exact) mass is 278 g/mol. The molecule has 1 aliphatic heterocycles. The van der Waals surface area contributed by atoms with E-state index in [-0.39, 0.29) is 18.3 Å². The van der Waals surface area contributed by atoms with E-state index in [9.17, 15) is 9.59 Å². The van der Waals surface area contributed by atoms with E-state index in [1.807, 2.05) is 24.4 Å². The summed E-state index contributed by atoms with van der Waals surface area (Å²) in [5.41, 5.74) is 0.720. The normalized spacial score (nSPS) is 14.9. The first-order valence-corrected chi connectivity index (χ1v) is 6.64. The van der Waals surface area contributed by atoms with E-state index in [1.54, 1.807) is 4.40 Å². The van der Waals surface area contributed by atoms with Gasteiger partial charge < -0.3 is 4.74 Å². The average Bonchev–Trinajstić information content (AvgIpc) is 3.02. The van der Waals surface area contributed by atoms with Gasteiger partial charge in [-0.25, -0.2) is 9.69 Å². The first kappa shape index (κ1) is 12.0.